The molecule has 0 saturated carbocycles. The molecule has 0 aromatic heterocycles. The van der Waals surface area contributed by atoms with Crippen LogP contribution < -0.4 is 10.5 Å². The number of nitrogens with two attached hydrogens (primary N) is 1. The van der Waals surface area contributed by atoms with Crippen LogP contribution in [0.3, 0.4) is 0 Å². The summed E-state index contributed by atoms with van der Waals surface area (Å²) < 4.78 is 10.5. The third kappa shape index (κ3) is 2.54. The van der Waals surface area contributed by atoms with Crippen LogP contribution in [-0.2, 0) is 4.74 Å². The van der Waals surface area contributed by atoms with Gasteiger partial charge in [0.25, 0.3) is 0 Å². The van der Waals surface area contributed by atoms with Crippen LogP contribution in [0.4, 0.5) is 0 Å². The van der Waals surface area contributed by atoms with Crippen LogP contribution in [-0.4, -0.2) is 20.3 Å². The van der Waals surface area contributed by atoms with Gasteiger partial charge >= 0.3 is 0 Å². The fourth-order valence-corrected chi connectivity index (χ4v) is 1.79. The first-order valence-corrected chi connectivity index (χ1v) is 5.44. The minimum absolute atomic E-state index is 0.00601. The van der Waals surface area contributed by atoms with E-state index in [1.807, 2.05) is 26.8 Å². The Morgan fingerprint density at radius 1 is 1.12 bits per heavy atom. The average molecular weight is 223 g/mol. The van der Waals surface area contributed by atoms with E-state index in [1.165, 1.54) is 0 Å². The number of hydrogen-bond acceptors (Lipinski definition) is 3. The lowest BCUT2D eigenvalue weighted by Gasteiger charge is -2.22. The molecule has 0 heterocycles. The number of aryl methyl sites for hydroxylation is 2. The van der Waals surface area contributed by atoms with E-state index in [-0.39, 0.29) is 12.1 Å². The second-order valence-corrected chi connectivity index (χ2v) is 4.15. The largest absolute Gasteiger partial charge is 0.496 e. The molecule has 0 saturated heterocycles. The van der Waals surface area contributed by atoms with Gasteiger partial charge in [-0.2, -0.15) is 0 Å². The molecular weight excluding hydrogens is 202 g/mol. The standard InChI is InChI=1S/C13H21NO2/c1-8-7-12(16-5)9(2)6-11(8)13(14)10(3)15-4/h6-7,10,13H,14H2,1-5H3. The van der Waals surface area contributed by atoms with Crippen LogP contribution in [0.2, 0.25) is 0 Å². The molecule has 0 aliphatic carbocycles. The van der Waals surface area contributed by atoms with Crippen molar-refractivity contribution < 1.29 is 9.47 Å². The first-order chi connectivity index (χ1) is 7.51. The third-order valence-corrected chi connectivity index (χ3v) is 3.02. The molecule has 16 heavy (non-hydrogen) atoms. The lowest BCUT2D eigenvalue weighted by molar-refractivity contribution is 0.0954. The van der Waals surface area contributed by atoms with Gasteiger partial charge in [0.2, 0.25) is 0 Å². The Bertz CT molecular complexity index is 363. The molecular formula is C13H21NO2. The summed E-state index contributed by atoms with van der Waals surface area (Å²) in [5.41, 5.74) is 9.50. The maximum Gasteiger partial charge on any atom is 0.122 e. The summed E-state index contributed by atoms with van der Waals surface area (Å²) in [5.74, 6) is 0.901. The Kier molecular flexibility index (Phi) is 4.33. The monoisotopic (exact) mass is 223 g/mol. The zero-order chi connectivity index (χ0) is 12.3. The molecule has 1 rings (SSSR count). The summed E-state index contributed by atoms with van der Waals surface area (Å²) in [6.07, 6.45) is 0.00601. The van der Waals surface area contributed by atoms with Gasteiger partial charge in [-0.1, -0.05) is 6.07 Å². The molecule has 90 valence electrons. The zero-order valence-corrected chi connectivity index (χ0v) is 10.7. The Balaban J connectivity index is 3.10. The number of rotatable bonds is 4. The van der Waals surface area contributed by atoms with Gasteiger partial charge in [-0.25, -0.2) is 0 Å². The van der Waals surface area contributed by atoms with E-state index in [1.54, 1.807) is 14.2 Å². The zero-order valence-electron chi connectivity index (χ0n) is 10.7. The summed E-state index contributed by atoms with van der Waals surface area (Å²) >= 11 is 0. The van der Waals surface area contributed by atoms with Crippen molar-refractivity contribution in [1.82, 2.24) is 0 Å². The smallest absolute Gasteiger partial charge is 0.122 e. The van der Waals surface area contributed by atoms with Crippen LogP contribution in [0.5, 0.6) is 5.75 Å². The molecule has 1 aromatic carbocycles. The van der Waals surface area contributed by atoms with E-state index in [0.717, 1.165) is 22.4 Å². The summed E-state index contributed by atoms with van der Waals surface area (Å²) in [6, 6.07) is 4.00. The minimum Gasteiger partial charge on any atom is -0.496 e. The van der Waals surface area contributed by atoms with E-state index >= 15 is 0 Å². The maximum absolute atomic E-state index is 6.14. The molecule has 3 heteroatoms. The number of methoxy groups -OCH3 is 2. The number of ether oxygens (including phenoxy) is 2. The summed E-state index contributed by atoms with van der Waals surface area (Å²) in [4.78, 5) is 0. The lowest BCUT2D eigenvalue weighted by Crippen LogP contribution is -2.26. The fraction of sp³-hybridized carbons (Fsp3) is 0.538. The van der Waals surface area contributed by atoms with Gasteiger partial charge in [-0.3, -0.25) is 0 Å². The molecule has 2 atom stereocenters. The molecule has 0 amide bonds. The van der Waals surface area contributed by atoms with Crippen molar-refractivity contribution in [3.8, 4) is 5.75 Å². The van der Waals surface area contributed by atoms with Gasteiger partial charge in [0.15, 0.2) is 0 Å². The first kappa shape index (κ1) is 13.0. The highest BCUT2D eigenvalue weighted by Crippen LogP contribution is 2.27. The van der Waals surface area contributed by atoms with E-state index in [9.17, 15) is 0 Å². The molecule has 0 radical (unpaired) electrons. The highest BCUT2D eigenvalue weighted by Gasteiger charge is 2.17. The van der Waals surface area contributed by atoms with Crippen LogP contribution >= 0.6 is 0 Å². The predicted molar refractivity (Wildman–Crippen MR) is 65.9 cm³/mol. The van der Waals surface area contributed by atoms with Crippen molar-refractivity contribution in [2.45, 2.75) is 32.9 Å². The predicted octanol–water partition coefficient (Wildman–Crippen LogP) is 2.35. The summed E-state index contributed by atoms with van der Waals surface area (Å²) in [5, 5.41) is 0. The van der Waals surface area contributed by atoms with Crippen molar-refractivity contribution in [1.29, 1.82) is 0 Å². The Hall–Kier alpha value is -1.06. The first-order valence-electron chi connectivity index (χ1n) is 5.44. The van der Waals surface area contributed by atoms with E-state index < -0.39 is 0 Å². The third-order valence-electron chi connectivity index (χ3n) is 3.02. The van der Waals surface area contributed by atoms with Crippen LogP contribution in [0.25, 0.3) is 0 Å². The quantitative estimate of drug-likeness (QED) is 0.852. The molecule has 2 N–H and O–H groups in total. The van der Waals surface area contributed by atoms with Gasteiger partial charge in [0.1, 0.15) is 5.75 Å². The van der Waals surface area contributed by atoms with Gasteiger partial charge in [0, 0.05) is 7.11 Å². The lowest BCUT2D eigenvalue weighted by atomic mass is 9.96. The molecule has 3 nitrogen and oxygen atoms in total. The van der Waals surface area contributed by atoms with E-state index in [2.05, 4.69) is 6.07 Å². The molecule has 0 bridgehead atoms. The van der Waals surface area contributed by atoms with Crippen molar-refractivity contribution in [3.63, 3.8) is 0 Å². The second-order valence-electron chi connectivity index (χ2n) is 4.15. The summed E-state index contributed by atoms with van der Waals surface area (Å²) in [6.45, 7) is 6.04. The van der Waals surface area contributed by atoms with Crippen molar-refractivity contribution in [3.05, 3.63) is 28.8 Å². The molecule has 0 aliphatic heterocycles. The molecule has 0 aliphatic rings. The van der Waals surface area contributed by atoms with Crippen LogP contribution in [0.15, 0.2) is 12.1 Å². The fourth-order valence-electron chi connectivity index (χ4n) is 1.79. The highest BCUT2D eigenvalue weighted by molar-refractivity contribution is 5.43. The summed E-state index contributed by atoms with van der Waals surface area (Å²) in [7, 11) is 3.36. The topological polar surface area (TPSA) is 44.5 Å². The average Bonchev–Trinajstić information content (AvgIpc) is 2.29. The molecule has 0 fully saturated rings. The van der Waals surface area contributed by atoms with Gasteiger partial charge in [-0.05, 0) is 43.5 Å². The molecule has 0 spiro atoms. The maximum atomic E-state index is 6.14. The number of benzene rings is 1. The normalized spacial score (nSPS) is 14.6. The van der Waals surface area contributed by atoms with Crippen molar-refractivity contribution >= 4 is 0 Å². The SMILES string of the molecule is COc1cc(C)c(C(N)C(C)OC)cc1C. The highest BCUT2D eigenvalue weighted by atomic mass is 16.5. The number of hydrogen-bond donors (Lipinski definition) is 1. The second kappa shape index (κ2) is 5.32. The van der Waals surface area contributed by atoms with Gasteiger partial charge < -0.3 is 15.2 Å². The Morgan fingerprint density at radius 2 is 1.75 bits per heavy atom. The van der Waals surface area contributed by atoms with Crippen molar-refractivity contribution in [2.24, 2.45) is 5.73 Å². The van der Waals surface area contributed by atoms with Crippen LogP contribution in [0.1, 0.15) is 29.7 Å². The van der Waals surface area contributed by atoms with E-state index in [0.29, 0.717) is 0 Å². The van der Waals surface area contributed by atoms with Gasteiger partial charge in [-0.15, -0.1) is 0 Å². The van der Waals surface area contributed by atoms with Crippen LogP contribution in [0, 0.1) is 13.8 Å². The van der Waals surface area contributed by atoms with Gasteiger partial charge in [0.05, 0.1) is 19.3 Å². The van der Waals surface area contributed by atoms with E-state index in [4.69, 9.17) is 15.2 Å². The molecule has 1 aromatic rings. The molecule has 2 unspecified atom stereocenters. The Labute approximate surface area is 97.6 Å². The Morgan fingerprint density at radius 3 is 2.25 bits per heavy atom. The van der Waals surface area contributed by atoms with Crippen molar-refractivity contribution in [2.75, 3.05) is 14.2 Å². The minimum atomic E-state index is -0.102.